The number of aromatic amines is 1. The number of hydrogen-bond donors (Lipinski definition) is 2. The van der Waals surface area contributed by atoms with Crippen molar-refractivity contribution in [2.45, 2.75) is 18.9 Å². The second-order valence-electron chi connectivity index (χ2n) is 4.40. The molecule has 0 aromatic carbocycles. The lowest BCUT2D eigenvalue weighted by Gasteiger charge is -2.23. The van der Waals surface area contributed by atoms with Gasteiger partial charge < -0.3 is 10.1 Å². The number of nitrogens with one attached hydrogen (secondary N) is 2. The van der Waals surface area contributed by atoms with Crippen molar-refractivity contribution in [1.82, 2.24) is 15.2 Å². The summed E-state index contributed by atoms with van der Waals surface area (Å²) in [7, 11) is 0. The number of rotatable bonds is 3. The predicted molar refractivity (Wildman–Crippen MR) is 69.3 cm³/mol. The molecule has 2 aromatic heterocycles. The van der Waals surface area contributed by atoms with Crippen molar-refractivity contribution in [3.8, 4) is 11.4 Å². The lowest BCUT2D eigenvalue weighted by atomic mass is 10.1. The van der Waals surface area contributed by atoms with Crippen LogP contribution in [0.5, 0.6) is 0 Å². The minimum absolute atomic E-state index is 0.457. The minimum Gasteiger partial charge on any atom is -0.381 e. The van der Waals surface area contributed by atoms with Gasteiger partial charge in [-0.2, -0.15) is 5.10 Å². The average Bonchev–Trinajstić information content (AvgIpc) is 2.89. The highest BCUT2D eigenvalue weighted by molar-refractivity contribution is 5.71. The first-order chi connectivity index (χ1) is 8.93. The first kappa shape index (κ1) is 11.2. The van der Waals surface area contributed by atoms with Crippen LogP contribution in [0.15, 0.2) is 30.6 Å². The number of nitrogens with zero attached hydrogens (tertiary/aromatic N) is 2. The van der Waals surface area contributed by atoms with Crippen LogP contribution >= 0.6 is 0 Å². The van der Waals surface area contributed by atoms with E-state index < -0.39 is 0 Å². The fraction of sp³-hybridized carbons (Fsp3) is 0.385. The van der Waals surface area contributed by atoms with Crippen LogP contribution in [0.2, 0.25) is 0 Å². The Morgan fingerprint density at radius 3 is 2.94 bits per heavy atom. The number of pyridine rings is 1. The van der Waals surface area contributed by atoms with Crippen LogP contribution in [0, 0.1) is 0 Å². The summed E-state index contributed by atoms with van der Waals surface area (Å²) in [6, 6.07) is 6.31. The number of ether oxygens (including phenoxy) is 1. The van der Waals surface area contributed by atoms with E-state index in [4.69, 9.17) is 4.74 Å². The van der Waals surface area contributed by atoms with Gasteiger partial charge in [-0.1, -0.05) is 6.07 Å². The van der Waals surface area contributed by atoms with Crippen molar-refractivity contribution in [1.29, 1.82) is 0 Å². The fourth-order valence-electron chi connectivity index (χ4n) is 2.16. The molecule has 18 heavy (non-hydrogen) atoms. The summed E-state index contributed by atoms with van der Waals surface area (Å²) in [6.07, 6.45) is 5.67. The first-order valence-electron chi connectivity index (χ1n) is 6.22. The SMILES string of the molecule is c1ccc(-c2[nH]ncc2NC2CCOCC2)nc1. The Balaban J connectivity index is 1.79. The molecule has 0 bridgehead atoms. The second kappa shape index (κ2) is 5.18. The van der Waals surface area contributed by atoms with E-state index in [0.717, 1.165) is 43.1 Å². The van der Waals surface area contributed by atoms with Crippen molar-refractivity contribution in [3.05, 3.63) is 30.6 Å². The van der Waals surface area contributed by atoms with Crippen LogP contribution in [-0.4, -0.2) is 34.4 Å². The van der Waals surface area contributed by atoms with Gasteiger partial charge in [-0.05, 0) is 25.0 Å². The van der Waals surface area contributed by atoms with Gasteiger partial charge in [0.15, 0.2) is 0 Å². The van der Waals surface area contributed by atoms with Crippen molar-refractivity contribution in [2.75, 3.05) is 18.5 Å². The summed E-state index contributed by atoms with van der Waals surface area (Å²) in [5, 5.41) is 10.6. The van der Waals surface area contributed by atoms with Gasteiger partial charge in [0.1, 0.15) is 5.69 Å². The molecule has 5 heteroatoms. The topological polar surface area (TPSA) is 62.8 Å². The van der Waals surface area contributed by atoms with Gasteiger partial charge in [-0.3, -0.25) is 10.1 Å². The molecule has 0 atom stereocenters. The Hall–Kier alpha value is -1.88. The average molecular weight is 244 g/mol. The smallest absolute Gasteiger partial charge is 0.107 e. The molecule has 3 heterocycles. The van der Waals surface area contributed by atoms with Crippen LogP contribution in [0.3, 0.4) is 0 Å². The highest BCUT2D eigenvalue weighted by Crippen LogP contribution is 2.25. The van der Waals surface area contributed by atoms with E-state index in [9.17, 15) is 0 Å². The summed E-state index contributed by atoms with van der Waals surface area (Å²) in [5.74, 6) is 0. The van der Waals surface area contributed by atoms with Gasteiger partial charge in [0.25, 0.3) is 0 Å². The lowest BCUT2D eigenvalue weighted by Crippen LogP contribution is -2.27. The number of aromatic nitrogens is 3. The summed E-state index contributed by atoms with van der Waals surface area (Å²) in [4.78, 5) is 4.34. The number of hydrogen-bond acceptors (Lipinski definition) is 4. The van der Waals surface area contributed by atoms with E-state index in [2.05, 4.69) is 20.5 Å². The van der Waals surface area contributed by atoms with Crippen molar-refractivity contribution >= 4 is 5.69 Å². The highest BCUT2D eigenvalue weighted by atomic mass is 16.5. The maximum absolute atomic E-state index is 5.36. The molecule has 0 radical (unpaired) electrons. The highest BCUT2D eigenvalue weighted by Gasteiger charge is 2.16. The van der Waals surface area contributed by atoms with Gasteiger partial charge in [-0.25, -0.2) is 0 Å². The Morgan fingerprint density at radius 1 is 1.28 bits per heavy atom. The third-order valence-corrected chi connectivity index (χ3v) is 3.14. The Morgan fingerprint density at radius 2 is 2.17 bits per heavy atom. The molecule has 5 nitrogen and oxygen atoms in total. The van der Waals surface area contributed by atoms with Crippen LogP contribution < -0.4 is 5.32 Å². The molecule has 2 aromatic rings. The summed E-state index contributed by atoms with van der Waals surface area (Å²) in [6.45, 7) is 1.66. The monoisotopic (exact) mass is 244 g/mol. The summed E-state index contributed by atoms with van der Waals surface area (Å²) >= 11 is 0. The second-order valence-corrected chi connectivity index (χ2v) is 4.40. The third-order valence-electron chi connectivity index (χ3n) is 3.14. The summed E-state index contributed by atoms with van der Waals surface area (Å²) in [5.41, 5.74) is 2.87. The molecule has 0 aliphatic carbocycles. The van der Waals surface area contributed by atoms with Crippen molar-refractivity contribution in [2.24, 2.45) is 0 Å². The minimum atomic E-state index is 0.457. The standard InChI is InChI=1S/C13H16N4O/c1-2-6-14-11(3-1)13-12(9-15-17-13)16-10-4-7-18-8-5-10/h1-3,6,9-10,16H,4-5,7-8H2,(H,15,17). The van der Waals surface area contributed by atoms with Gasteiger partial charge >= 0.3 is 0 Å². The van der Waals surface area contributed by atoms with Crippen molar-refractivity contribution < 1.29 is 4.74 Å². The molecular formula is C13H16N4O. The number of H-pyrrole nitrogens is 1. The van der Waals surface area contributed by atoms with Crippen LogP contribution in [0.25, 0.3) is 11.4 Å². The van der Waals surface area contributed by atoms with Gasteiger partial charge in [0.05, 0.1) is 17.6 Å². The van der Waals surface area contributed by atoms with Gasteiger partial charge in [-0.15, -0.1) is 0 Å². The molecule has 0 unspecified atom stereocenters. The molecule has 0 spiro atoms. The van der Waals surface area contributed by atoms with Crippen molar-refractivity contribution in [3.63, 3.8) is 0 Å². The Labute approximate surface area is 106 Å². The van der Waals surface area contributed by atoms with E-state index in [1.54, 1.807) is 6.20 Å². The molecule has 1 saturated heterocycles. The van der Waals surface area contributed by atoms with E-state index in [0.29, 0.717) is 6.04 Å². The quantitative estimate of drug-likeness (QED) is 0.867. The normalized spacial score (nSPS) is 16.7. The zero-order chi connectivity index (χ0) is 12.2. The number of anilines is 1. The molecule has 2 N–H and O–H groups in total. The van der Waals surface area contributed by atoms with Crippen LogP contribution in [0.1, 0.15) is 12.8 Å². The summed E-state index contributed by atoms with van der Waals surface area (Å²) < 4.78 is 5.36. The maximum Gasteiger partial charge on any atom is 0.107 e. The van der Waals surface area contributed by atoms with E-state index in [1.807, 2.05) is 24.4 Å². The largest absolute Gasteiger partial charge is 0.381 e. The fourth-order valence-corrected chi connectivity index (χ4v) is 2.16. The molecular weight excluding hydrogens is 228 g/mol. The molecule has 3 rings (SSSR count). The maximum atomic E-state index is 5.36. The Bertz CT molecular complexity index is 491. The van der Waals surface area contributed by atoms with Crippen LogP contribution in [0.4, 0.5) is 5.69 Å². The molecule has 1 aliphatic rings. The van der Waals surface area contributed by atoms with Gasteiger partial charge in [0.2, 0.25) is 0 Å². The van der Waals surface area contributed by atoms with E-state index in [1.165, 1.54) is 0 Å². The molecule has 1 aliphatic heterocycles. The molecule has 94 valence electrons. The zero-order valence-corrected chi connectivity index (χ0v) is 10.1. The van der Waals surface area contributed by atoms with E-state index in [-0.39, 0.29) is 0 Å². The van der Waals surface area contributed by atoms with Crippen LogP contribution in [-0.2, 0) is 4.74 Å². The molecule has 1 fully saturated rings. The van der Waals surface area contributed by atoms with Gasteiger partial charge in [0, 0.05) is 25.5 Å². The third kappa shape index (κ3) is 2.36. The zero-order valence-electron chi connectivity index (χ0n) is 10.1. The molecule has 0 amide bonds. The predicted octanol–water partition coefficient (Wildman–Crippen LogP) is 2.06. The first-order valence-corrected chi connectivity index (χ1v) is 6.22. The Kier molecular flexibility index (Phi) is 3.23. The van der Waals surface area contributed by atoms with E-state index >= 15 is 0 Å². The molecule has 0 saturated carbocycles. The lowest BCUT2D eigenvalue weighted by molar-refractivity contribution is 0.0904.